The number of piperazine rings is 1. The third-order valence-electron chi connectivity index (χ3n) is 3.95. The average molecular weight is 250 g/mol. The van der Waals surface area contributed by atoms with Crippen LogP contribution in [0.15, 0.2) is 12.4 Å². The lowest BCUT2D eigenvalue weighted by atomic mass is 9.97. The highest BCUT2D eigenvalue weighted by molar-refractivity contribution is 5.05. The number of nitrogens with one attached hydrogen (secondary N) is 1. The summed E-state index contributed by atoms with van der Waals surface area (Å²) in [6.45, 7) is 10.2. The zero-order chi connectivity index (χ0) is 13.1. The van der Waals surface area contributed by atoms with Gasteiger partial charge in [-0.3, -0.25) is 9.58 Å². The van der Waals surface area contributed by atoms with Crippen LogP contribution >= 0.6 is 0 Å². The van der Waals surface area contributed by atoms with Crippen molar-refractivity contribution in [2.45, 2.75) is 45.8 Å². The molecule has 2 heterocycles. The van der Waals surface area contributed by atoms with E-state index in [4.69, 9.17) is 0 Å². The molecule has 0 spiro atoms. The van der Waals surface area contributed by atoms with E-state index in [1.807, 2.05) is 17.9 Å². The fourth-order valence-electron chi connectivity index (χ4n) is 2.80. The van der Waals surface area contributed by atoms with E-state index >= 15 is 0 Å². The van der Waals surface area contributed by atoms with Gasteiger partial charge in [0.15, 0.2) is 0 Å². The van der Waals surface area contributed by atoms with Gasteiger partial charge in [-0.15, -0.1) is 0 Å². The van der Waals surface area contributed by atoms with Crippen molar-refractivity contribution in [2.75, 3.05) is 13.1 Å². The fraction of sp³-hybridized carbons (Fsp3) is 0.786. The second kappa shape index (κ2) is 5.85. The smallest absolute Gasteiger partial charge is 0.0534 e. The summed E-state index contributed by atoms with van der Waals surface area (Å²) in [7, 11) is 1.98. The van der Waals surface area contributed by atoms with Crippen molar-refractivity contribution in [3.63, 3.8) is 0 Å². The van der Waals surface area contributed by atoms with Crippen LogP contribution in [0.3, 0.4) is 0 Å². The fourth-order valence-corrected chi connectivity index (χ4v) is 2.80. The standard InChI is InChI=1S/C14H26N4/c1-5-13-10-18(14(7-15-13)11(2)3)9-12-6-16-17(4)8-12/h6,8,11,13-15H,5,7,9-10H2,1-4H3. The van der Waals surface area contributed by atoms with Gasteiger partial charge in [0.05, 0.1) is 6.20 Å². The first-order chi connectivity index (χ1) is 8.60. The lowest BCUT2D eigenvalue weighted by Crippen LogP contribution is -2.57. The van der Waals surface area contributed by atoms with Crippen LogP contribution in [0.2, 0.25) is 0 Å². The van der Waals surface area contributed by atoms with Crippen LogP contribution in [-0.4, -0.2) is 39.9 Å². The van der Waals surface area contributed by atoms with Crippen LogP contribution in [0.25, 0.3) is 0 Å². The zero-order valence-corrected chi connectivity index (χ0v) is 12.1. The summed E-state index contributed by atoms with van der Waals surface area (Å²) in [6.07, 6.45) is 5.31. The molecule has 4 heteroatoms. The summed E-state index contributed by atoms with van der Waals surface area (Å²) in [5.41, 5.74) is 1.32. The van der Waals surface area contributed by atoms with Gasteiger partial charge in [0, 0.05) is 50.5 Å². The Morgan fingerprint density at radius 3 is 2.83 bits per heavy atom. The zero-order valence-electron chi connectivity index (χ0n) is 12.1. The number of hydrogen-bond acceptors (Lipinski definition) is 3. The van der Waals surface area contributed by atoms with Crippen LogP contribution in [0.1, 0.15) is 32.8 Å². The number of hydrogen-bond donors (Lipinski definition) is 1. The molecule has 2 atom stereocenters. The summed E-state index contributed by atoms with van der Waals surface area (Å²) in [5.74, 6) is 0.687. The maximum absolute atomic E-state index is 4.27. The summed E-state index contributed by atoms with van der Waals surface area (Å²) >= 11 is 0. The normalized spacial score (nSPS) is 25.8. The van der Waals surface area contributed by atoms with Gasteiger partial charge < -0.3 is 5.32 Å². The molecule has 0 radical (unpaired) electrons. The number of aromatic nitrogens is 2. The van der Waals surface area contributed by atoms with Gasteiger partial charge in [-0.2, -0.15) is 5.10 Å². The van der Waals surface area contributed by atoms with Crippen molar-refractivity contribution in [1.82, 2.24) is 20.0 Å². The predicted molar refractivity (Wildman–Crippen MR) is 74.3 cm³/mol. The largest absolute Gasteiger partial charge is 0.311 e. The Kier molecular flexibility index (Phi) is 4.40. The van der Waals surface area contributed by atoms with Crippen molar-refractivity contribution in [3.05, 3.63) is 18.0 Å². The molecule has 1 N–H and O–H groups in total. The van der Waals surface area contributed by atoms with Gasteiger partial charge in [-0.05, 0) is 12.3 Å². The molecule has 1 aromatic rings. The number of rotatable bonds is 4. The molecule has 1 aromatic heterocycles. The molecule has 2 rings (SSSR count). The molecule has 102 valence electrons. The van der Waals surface area contributed by atoms with Gasteiger partial charge in [-0.25, -0.2) is 0 Å². The van der Waals surface area contributed by atoms with E-state index in [-0.39, 0.29) is 0 Å². The lowest BCUT2D eigenvalue weighted by molar-refractivity contribution is 0.0900. The van der Waals surface area contributed by atoms with E-state index in [1.165, 1.54) is 12.0 Å². The molecule has 0 aromatic carbocycles. The van der Waals surface area contributed by atoms with Gasteiger partial charge >= 0.3 is 0 Å². The van der Waals surface area contributed by atoms with Crippen LogP contribution in [-0.2, 0) is 13.6 Å². The summed E-state index contributed by atoms with van der Waals surface area (Å²) < 4.78 is 1.89. The van der Waals surface area contributed by atoms with Crippen molar-refractivity contribution < 1.29 is 0 Å². The second-order valence-corrected chi connectivity index (χ2v) is 5.78. The van der Waals surface area contributed by atoms with Gasteiger partial charge in [-0.1, -0.05) is 20.8 Å². The molecule has 2 unspecified atom stereocenters. The van der Waals surface area contributed by atoms with Gasteiger partial charge in [0.25, 0.3) is 0 Å². The van der Waals surface area contributed by atoms with E-state index in [0.717, 1.165) is 19.6 Å². The summed E-state index contributed by atoms with van der Waals surface area (Å²) in [4.78, 5) is 2.62. The molecule has 0 saturated carbocycles. The quantitative estimate of drug-likeness (QED) is 0.881. The highest BCUT2D eigenvalue weighted by Gasteiger charge is 2.29. The first kappa shape index (κ1) is 13.6. The molecular weight excluding hydrogens is 224 g/mol. The second-order valence-electron chi connectivity index (χ2n) is 5.78. The molecule has 18 heavy (non-hydrogen) atoms. The average Bonchev–Trinajstić information content (AvgIpc) is 2.74. The Morgan fingerprint density at radius 1 is 1.50 bits per heavy atom. The minimum absolute atomic E-state index is 0.632. The molecule has 0 bridgehead atoms. The summed E-state index contributed by atoms with van der Waals surface area (Å²) in [6, 6.07) is 1.27. The highest BCUT2D eigenvalue weighted by Crippen LogP contribution is 2.18. The van der Waals surface area contributed by atoms with Crippen molar-refractivity contribution in [3.8, 4) is 0 Å². The molecule has 1 aliphatic heterocycles. The van der Waals surface area contributed by atoms with Crippen molar-refractivity contribution in [1.29, 1.82) is 0 Å². The monoisotopic (exact) mass is 250 g/mol. The number of nitrogens with zero attached hydrogens (tertiary/aromatic N) is 3. The van der Waals surface area contributed by atoms with Crippen LogP contribution in [0.5, 0.6) is 0 Å². The minimum Gasteiger partial charge on any atom is -0.311 e. The van der Waals surface area contributed by atoms with Crippen molar-refractivity contribution in [2.24, 2.45) is 13.0 Å². The van der Waals surface area contributed by atoms with E-state index in [0.29, 0.717) is 18.0 Å². The Bertz CT molecular complexity index is 372. The Balaban J connectivity index is 2.04. The van der Waals surface area contributed by atoms with Crippen LogP contribution in [0.4, 0.5) is 0 Å². The third-order valence-corrected chi connectivity index (χ3v) is 3.95. The first-order valence-electron chi connectivity index (χ1n) is 7.05. The SMILES string of the molecule is CCC1CN(Cc2cnn(C)c2)C(C(C)C)CN1. The van der Waals surface area contributed by atoms with E-state index in [9.17, 15) is 0 Å². The highest BCUT2D eigenvalue weighted by atomic mass is 15.3. The van der Waals surface area contributed by atoms with Crippen LogP contribution in [0, 0.1) is 5.92 Å². The van der Waals surface area contributed by atoms with Gasteiger partial charge in [0.1, 0.15) is 0 Å². The Labute approximate surface area is 110 Å². The number of aryl methyl sites for hydroxylation is 1. The molecule has 1 fully saturated rings. The first-order valence-corrected chi connectivity index (χ1v) is 7.05. The maximum atomic E-state index is 4.27. The molecule has 1 aliphatic rings. The molecule has 4 nitrogen and oxygen atoms in total. The third kappa shape index (κ3) is 3.12. The molecule has 1 saturated heterocycles. The molecule has 0 amide bonds. The van der Waals surface area contributed by atoms with Gasteiger partial charge in [0.2, 0.25) is 0 Å². The molecular formula is C14H26N4. The maximum Gasteiger partial charge on any atom is 0.0534 e. The van der Waals surface area contributed by atoms with E-state index < -0.39 is 0 Å². The molecule has 0 aliphatic carbocycles. The van der Waals surface area contributed by atoms with Crippen LogP contribution < -0.4 is 5.32 Å². The van der Waals surface area contributed by atoms with Crippen molar-refractivity contribution >= 4 is 0 Å². The Morgan fingerprint density at radius 2 is 2.28 bits per heavy atom. The van der Waals surface area contributed by atoms with E-state index in [2.05, 4.69) is 42.3 Å². The Hall–Kier alpha value is -0.870. The van der Waals surface area contributed by atoms with E-state index in [1.54, 1.807) is 0 Å². The topological polar surface area (TPSA) is 33.1 Å². The minimum atomic E-state index is 0.632. The summed E-state index contributed by atoms with van der Waals surface area (Å²) in [5, 5.41) is 7.92. The predicted octanol–water partition coefficient (Wildman–Crippen LogP) is 1.63. The lowest BCUT2D eigenvalue weighted by Gasteiger charge is -2.42.